The lowest BCUT2D eigenvalue weighted by molar-refractivity contribution is 0.186. The van der Waals surface area contributed by atoms with Crippen LogP contribution in [-0.2, 0) is 0 Å². The summed E-state index contributed by atoms with van der Waals surface area (Å²) >= 11 is 0. The van der Waals surface area contributed by atoms with Crippen molar-refractivity contribution in [1.82, 2.24) is 9.88 Å². The average molecular weight is 232 g/mol. The Labute approximate surface area is 103 Å². The zero-order valence-electron chi connectivity index (χ0n) is 10.4. The molecule has 0 aromatic carbocycles. The summed E-state index contributed by atoms with van der Waals surface area (Å²) in [6, 6.07) is 3.93. The van der Waals surface area contributed by atoms with Crippen molar-refractivity contribution in [3.8, 4) is 5.75 Å². The maximum atomic E-state index is 6.00. The third-order valence-corrected chi connectivity index (χ3v) is 4.17. The maximum absolute atomic E-state index is 6.00. The molecule has 0 bridgehead atoms. The molecule has 3 heteroatoms. The Bertz CT molecular complexity index is 354. The van der Waals surface area contributed by atoms with Gasteiger partial charge < -0.3 is 9.64 Å². The minimum Gasteiger partial charge on any atom is -0.489 e. The van der Waals surface area contributed by atoms with Gasteiger partial charge in [0.05, 0.1) is 12.3 Å². The van der Waals surface area contributed by atoms with Crippen LogP contribution in [0.15, 0.2) is 24.5 Å². The number of ether oxygens (including phenoxy) is 1. The van der Waals surface area contributed by atoms with Gasteiger partial charge in [0.1, 0.15) is 5.75 Å². The lowest BCUT2D eigenvalue weighted by Crippen LogP contribution is -2.24. The second-order valence-corrected chi connectivity index (χ2v) is 5.27. The monoisotopic (exact) mass is 232 g/mol. The van der Waals surface area contributed by atoms with Gasteiger partial charge in [0, 0.05) is 19.3 Å². The molecule has 0 N–H and O–H groups in total. The average Bonchev–Trinajstić information content (AvgIpc) is 2.87. The summed E-state index contributed by atoms with van der Waals surface area (Å²) in [5.41, 5.74) is 0. The van der Waals surface area contributed by atoms with Crippen LogP contribution in [0.1, 0.15) is 19.8 Å². The van der Waals surface area contributed by atoms with Crippen LogP contribution >= 0.6 is 0 Å². The van der Waals surface area contributed by atoms with Gasteiger partial charge in [0.15, 0.2) is 0 Å². The lowest BCUT2D eigenvalue weighted by atomic mass is 10.0. The van der Waals surface area contributed by atoms with Crippen molar-refractivity contribution in [3.63, 3.8) is 0 Å². The highest BCUT2D eigenvalue weighted by Gasteiger charge is 2.41. The number of pyridine rings is 1. The first kappa shape index (κ1) is 11.0. The molecular formula is C14H20N2O. The number of nitrogens with zero attached hydrogens (tertiary/aromatic N) is 2. The van der Waals surface area contributed by atoms with Crippen LogP contribution in [0.25, 0.3) is 0 Å². The highest BCUT2D eigenvalue weighted by molar-refractivity contribution is 5.16. The van der Waals surface area contributed by atoms with Gasteiger partial charge in [-0.05, 0) is 43.4 Å². The summed E-state index contributed by atoms with van der Waals surface area (Å²) < 4.78 is 6.00. The number of hydrogen-bond acceptors (Lipinski definition) is 3. The minimum atomic E-state index is 0.410. The van der Waals surface area contributed by atoms with Gasteiger partial charge in [-0.2, -0.15) is 0 Å². The fraction of sp³-hybridized carbons (Fsp3) is 0.643. The van der Waals surface area contributed by atoms with E-state index in [-0.39, 0.29) is 0 Å². The SMILES string of the molecule is CCN1C[C@H]2C[C@H](Oc3cccnc3)C[C@H]2C1. The largest absolute Gasteiger partial charge is 0.489 e. The molecule has 3 nitrogen and oxygen atoms in total. The number of likely N-dealkylation sites (tertiary alicyclic amines) is 1. The van der Waals surface area contributed by atoms with E-state index in [1.807, 2.05) is 18.3 Å². The Kier molecular flexibility index (Phi) is 3.02. The highest BCUT2D eigenvalue weighted by Crippen LogP contribution is 2.39. The van der Waals surface area contributed by atoms with Crippen molar-refractivity contribution >= 4 is 0 Å². The van der Waals surface area contributed by atoms with E-state index in [2.05, 4.69) is 16.8 Å². The molecule has 1 aromatic rings. The normalized spacial score (nSPS) is 32.6. The second-order valence-electron chi connectivity index (χ2n) is 5.27. The molecule has 2 aliphatic rings. The quantitative estimate of drug-likeness (QED) is 0.799. The summed E-state index contributed by atoms with van der Waals surface area (Å²) in [6.45, 7) is 5.99. The van der Waals surface area contributed by atoms with Gasteiger partial charge >= 0.3 is 0 Å². The van der Waals surface area contributed by atoms with Crippen LogP contribution < -0.4 is 4.74 Å². The van der Waals surface area contributed by atoms with Gasteiger partial charge in [-0.15, -0.1) is 0 Å². The summed E-state index contributed by atoms with van der Waals surface area (Å²) in [4.78, 5) is 6.66. The summed E-state index contributed by atoms with van der Waals surface area (Å²) in [5, 5.41) is 0. The van der Waals surface area contributed by atoms with E-state index >= 15 is 0 Å². The number of hydrogen-bond donors (Lipinski definition) is 0. The van der Waals surface area contributed by atoms with Crippen molar-refractivity contribution < 1.29 is 4.74 Å². The van der Waals surface area contributed by atoms with E-state index in [0.29, 0.717) is 6.10 Å². The zero-order chi connectivity index (χ0) is 11.7. The van der Waals surface area contributed by atoms with Crippen LogP contribution in [0.2, 0.25) is 0 Å². The molecule has 1 aliphatic carbocycles. The summed E-state index contributed by atoms with van der Waals surface area (Å²) in [6.07, 6.45) is 6.45. The lowest BCUT2D eigenvalue weighted by Gasteiger charge is -2.18. The molecule has 0 unspecified atom stereocenters. The Morgan fingerprint density at radius 2 is 2.12 bits per heavy atom. The Hall–Kier alpha value is -1.09. The van der Waals surface area contributed by atoms with Crippen molar-refractivity contribution in [2.75, 3.05) is 19.6 Å². The van der Waals surface area contributed by atoms with Crippen molar-refractivity contribution in [2.45, 2.75) is 25.9 Å². The van der Waals surface area contributed by atoms with E-state index in [9.17, 15) is 0 Å². The number of rotatable bonds is 3. The predicted octanol–water partition coefficient (Wildman–Crippen LogP) is 2.19. The highest BCUT2D eigenvalue weighted by atomic mass is 16.5. The van der Waals surface area contributed by atoms with Gasteiger partial charge in [-0.25, -0.2) is 0 Å². The van der Waals surface area contributed by atoms with Crippen molar-refractivity contribution in [2.24, 2.45) is 11.8 Å². The molecule has 1 aliphatic heterocycles. The molecule has 0 spiro atoms. The molecule has 3 atom stereocenters. The van der Waals surface area contributed by atoms with E-state index < -0.39 is 0 Å². The molecule has 1 saturated heterocycles. The van der Waals surface area contributed by atoms with Crippen LogP contribution in [0.5, 0.6) is 5.75 Å². The summed E-state index contributed by atoms with van der Waals surface area (Å²) in [5.74, 6) is 2.64. The smallest absolute Gasteiger partial charge is 0.137 e. The molecule has 17 heavy (non-hydrogen) atoms. The van der Waals surface area contributed by atoms with Crippen LogP contribution in [0.4, 0.5) is 0 Å². The van der Waals surface area contributed by atoms with Gasteiger partial charge in [-0.1, -0.05) is 6.92 Å². The molecular weight excluding hydrogens is 212 g/mol. The molecule has 1 saturated carbocycles. The first-order valence-corrected chi connectivity index (χ1v) is 6.64. The number of aromatic nitrogens is 1. The number of fused-ring (bicyclic) bond motifs is 1. The fourth-order valence-corrected chi connectivity index (χ4v) is 3.31. The third-order valence-electron chi connectivity index (χ3n) is 4.17. The van der Waals surface area contributed by atoms with Gasteiger partial charge in [-0.3, -0.25) is 4.98 Å². The standard InChI is InChI=1S/C14H20N2O/c1-2-16-9-11-6-14(7-12(11)10-16)17-13-4-3-5-15-8-13/h3-5,8,11-12,14H,2,6-7,9-10H2,1H3/t11-,12+,14+. The molecule has 92 valence electrons. The minimum absolute atomic E-state index is 0.410. The van der Waals surface area contributed by atoms with Crippen molar-refractivity contribution in [3.05, 3.63) is 24.5 Å². The first-order valence-electron chi connectivity index (χ1n) is 6.64. The second kappa shape index (κ2) is 4.65. The van der Waals surface area contributed by atoms with Gasteiger partial charge in [0.25, 0.3) is 0 Å². The molecule has 3 rings (SSSR count). The maximum Gasteiger partial charge on any atom is 0.137 e. The zero-order valence-corrected chi connectivity index (χ0v) is 10.4. The predicted molar refractivity (Wildman–Crippen MR) is 67.0 cm³/mol. The fourth-order valence-electron chi connectivity index (χ4n) is 3.31. The van der Waals surface area contributed by atoms with E-state index in [1.165, 1.54) is 32.5 Å². The molecule has 0 radical (unpaired) electrons. The third kappa shape index (κ3) is 2.29. The Morgan fingerprint density at radius 3 is 2.71 bits per heavy atom. The molecule has 1 aromatic heterocycles. The van der Waals surface area contributed by atoms with E-state index in [4.69, 9.17) is 4.74 Å². The Balaban J connectivity index is 1.56. The van der Waals surface area contributed by atoms with Crippen molar-refractivity contribution in [1.29, 1.82) is 0 Å². The van der Waals surface area contributed by atoms with Gasteiger partial charge in [0.2, 0.25) is 0 Å². The molecule has 2 fully saturated rings. The van der Waals surface area contributed by atoms with E-state index in [1.54, 1.807) is 6.20 Å². The van der Waals surface area contributed by atoms with Crippen LogP contribution in [0.3, 0.4) is 0 Å². The topological polar surface area (TPSA) is 25.4 Å². The van der Waals surface area contributed by atoms with Crippen LogP contribution in [-0.4, -0.2) is 35.6 Å². The van der Waals surface area contributed by atoms with Crippen LogP contribution in [0, 0.1) is 11.8 Å². The summed E-state index contributed by atoms with van der Waals surface area (Å²) in [7, 11) is 0. The molecule has 0 amide bonds. The van der Waals surface area contributed by atoms with E-state index in [0.717, 1.165) is 17.6 Å². The first-order chi connectivity index (χ1) is 8.35. The Morgan fingerprint density at radius 1 is 1.35 bits per heavy atom. The molecule has 2 heterocycles.